The van der Waals surface area contributed by atoms with Crippen molar-refractivity contribution in [3.63, 3.8) is 0 Å². The SMILES string of the molecule is O=CC12C3C4C1C1C2C3C41c1ccccc1. The number of benzene rings is 1. The van der Waals surface area contributed by atoms with Gasteiger partial charge in [0.15, 0.2) is 0 Å². The Hall–Kier alpha value is -1.11. The maximum absolute atomic E-state index is 11.2. The maximum atomic E-state index is 11.2. The smallest absolute Gasteiger partial charge is 0.127 e. The van der Waals surface area contributed by atoms with Gasteiger partial charge in [-0.1, -0.05) is 30.3 Å². The zero-order valence-corrected chi connectivity index (χ0v) is 8.84. The highest BCUT2D eigenvalue weighted by Gasteiger charge is 3.09. The van der Waals surface area contributed by atoms with Crippen molar-refractivity contribution in [1.82, 2.24) is 0 Å². The summed E-state index contributed by atoms with van der Waals surface area (Å²) in [7, 11) is 0. The zero-order chi connectivity index (χ0) is 10.3. The second kappa shape index (κ2) is 1.61. The summed E-state index contributed by atoms with van der Waals surface area (Å²) in [4.78, 5) is 11.2. The summed E-state index contributed by atoms with van der Waals surface area (Å²) in [5.74, 6) is 5.14. The average Bonchev–Trinajstić information content (AvgIpc) is 2.39. The standard InChI is InChI=1S/C15H12O/c16-6-14-8-11-9(14)13-10(14)12(8)15(11,13)7-4-2-1-3-5-7/h1-6,8-13H. The first-order valence-electron chi connectivity index (χ1n) is 6.42. The molecule has 0 heterocycles. The van der Waals surface area contributed by atoms with Crippen molar-refractivity contribution in [2.24, 2.45) is 40.9 Å². The van der Waals surface area contributed by atoms with Gasteiger partial charge in [0.25, 0.3) is 0 Å². The van der Waals surface area contributed by atoms with Crippen LogP contribution in [-0.4, -0.2) is 6.29 Å². The summed E-state index contributed by atoms with van der Waals surface area (Å²) < 4.78 is 0. The van der Waals surface area contributed by atoms with E-state index >= 15 is 0 Å². The summed E-state index contributed by atoms with van der Waals surface area (Å²) in [6.07, 6.45) is 1.32. The Morgan fingerprint density at radius 2 is 1.44 bits per heavy atom. The van der Waals surface area contributed by atoms with Gasteiger partial charge in [-0.25, -0.2) is 0 Å². The van der Waals surface area contributed by atoms with Gasteiger partial charge in [-0.2, -0.15) is 0 Å². The van der Waals surface area contributed by atoms with Crippen molar-refractivity contribution >= 4 is 6.29 Å². The van der Waals surface area contributed by atoms with Gasteiger partial charge in [-0.3, -0.25) is 0 Å². The number of hydrogen-bond donors (Lipinski definition) is 0. The average molecular weight is 208 g/mol. The van der Waals surface area contributed by atoms with E-state index in [0.29, 0.717) is 5.41 Å². The molecule has 0 aliphatic heterocycles. The number of aldehydes is 1. The largest absolute Gasteiger partial charge is 0.303 e. The Bertz CT molecular complexity index is 505. The summed E-state index contributed by atoms with van der Waals surface area (Å²) in [5.41, 5.74) is 2.39. The topological polar surface area (TPSA) is 17.1 Å². The van der Waals surface area contributed by atoms with Crippen molar-refractivity contribution in [1.29, 1.82) is 0 Å². The Kier molecular flexibility index (Phi) is 0.730. The number of carbonyl (C=O) groups excluding carboxylic acids is 1. The van der Waals surface area contributed by atoms with Crippen molar-refractivity contribution < 1.29 is 4.79 Å². The number of carbonyl (C=O) groups is 1. The zero-order valence-electron chi connectivity index (χ0n) is 8.84. The highest BCUT2D eigenvalue weighted by atomic mass is 16.1. The van der Waals surface area contributed by atoms with Gasteiger partial charge in [0.05, 0.1) is 0 Å². The first-order valence-corrected chi connectivity index (χ1v) is 6.42. The van der Waals surface area contributed by atoms with Crippen LogP contribution >= 0.6 is 0 Å². The van der Waals surface area contributed by atoms with Crippen LogP contribution in [0.2, 0.25) is 0 Å². The van der Waals surface area contributed by atoms with Crippen LogP contribution in [0.3, 0.4) is 0 Å². The van der Waals surface area contributed by atoms with Crippen LogP contribution in [-0.2, 0) is 10.2 Å². The van der Waals surface area contributed by atoms with E-state index < -0.39 is 0 Å². The highest BCUT2D eigenvalue weighted by molar-refractivity contribution is 5.80. The third kappa shape index (κ3) is 0.316. The molecule has 0 aromatic heterocycles. The van der Waals surface area contributed by atoms with Crippen LogP contribution in [0, 0.1) is 40.9 Å². The minimum atomic E-state index is 0.233. The van der Waals surface area contributed by atoms with Crippen LogP contribution in [0.1, 0.15) is 5.56 Å². The lowest BCUT2D eigenvalue weighted by atomic mass is 8.92. The molecule has 1 aromatic rings. The minimum Gasteiger partial charge on any atom is -0.303 e. The molecule has 0 amide bonds. The molecule has 0 radical (unpaired) electrons. The lowest BCUT2D eigenvalue weighted by molar-refractivity contribution is -0.608. The molecule has 6 saturated carbocycles. The number of hydrogen-bond acceptors (Lipinski definition) is 1. The molecule has 0 atom stereocenters. The van der Waals surface area contributed by atoms with Gasteiger partial charge in [-0.15, -0.1) is 0 Å². The minimum absolute atomic E-state index is 0.233. The summed E-state index contributed by atoms with van der Waals surface area (Å²) in [5, 5.41) is 0. The molecule has 6 aliphatic carbocycles. The maximum Gasteiger partial charge on any atom is 0.127 e. The highest BCUT2D eigenvalue weighted by Crippen LogP contribution is 3.09. The fraction of sp³-hybridized carbons (Fsp3) is 0.533. The Morgan fingerprint density at radius 1 is 0.875 bits per heavy atom. The van der Waals surface area contributed by atoms with E-state index in [9.17, 15) is 4.79 Å². The first kappa shape index (κ1) is 7.26. The fourth-order valence-corrected chi connectivity index (χ4v) is 7.15. The molecular weight excluding hydrogens is 196 g/mol. The van der Waals surface area contributed by atoms with E-state index in [4.69, 9.17) is 0 Å². The summed E-state index contributed by atoms with van der Waals surface area (Å²) in [6.45, 7) is 0. The van der Waals surface area contributed by atoms with E-state index in [1.54, 1.807) is 5.56 Å². The van der Waals surface area contributed by atoms with Gasteiger partial charge in [0, 0.05) is 10.8 Å². The van der Waals surface area contributed by atoms with E-state index in [2.05, 4.69) is 30.3 Å². The molecule has 0 N–H and O–H groups in total. The lowest BCUT2D eigenvalue weighted by Gasteiger charge is -3.10. The van der Waals surface area contributed by atoms with Crippen LogP contribution in [0.4, 0.5) is 0 Å². The van der Waals surface area contributed by atoms with Gasteiger partial charge < -0.3 is 4.79 Å². The Morgan fingerprint density at radius 3 is 1.94 bits per heavy atom. The molecule has 1 nitrogen and oxygen atoms in total. The van der Waals surface area contributed by atoms with E-state index in [-0.39, 0.29) is 5.41 Å². The quantitative estimate of drug-likeness (QED) is 0.678. The van der Waals surface area contributed by atoms with Gasteiger partial charge in [0.2, 0.25) is 0 Å². The molecule has 16 heavy (non-hydrogen) atoms. The summed E-state index contributed by atoms with van der Waals surface area (Å²) >= 11 is 0. The molecule has 0 bridgehead atoms. The summed E-state index contributed by atoms with van der Waals surface area (Å²) in [6, 6.07) is 11.1. The van der Waals surface area contributed by atoms with Gasteiger partial charge in [0.1, 0.15) is 6.29 Å². The van der Waals surface area contributed by atoms with Crippen molar-refractivity contribution in [2.75, 3.05) is 0 Å². The Balaban J connectivity index is 1.53. The van der Waals surface area contributed by atoms with Crippen LogP contribution in [0.5, 0.6) is 0 Å². The van der Waals surface area contributed by atoms with Gasteiger partial charge in [-0.05, 0) is 41.1 Å². The molecule has 1 aromatic carbocycles. The van der Waals surface area contributed by atoms with Crippen molar-refractivity contribution in [2.45, 2.75) is 5.41 Å². The fourth-order valence-electron chi connectivity index (χ4n) is 7.15. The normalized spacial score (nSPS) is 68.8. The molecular formula is C15H12O. The molecule has 7 rings (SSSR count). The lowest BCUT2D eigenvalue weighted by Crippen LogP contribution is -3.11. The van der Waals surface area contributed by atoms with E-state index in [1.165, 1.54) is 6.29 Å². The molecule has 1 heteroatoms. The molecule has 6 aliphatic rings. The molecule has 0 unspecified atom stereocenters. The molecule has 0 spiro atoms. The van der Waals surface area contributed by atoms with Crippen LogP contribution < -0.4 is 0 Å². The molecule has 6 fully saturated rings. The predicted molar refractivity (Wildman–Crippen MR) is 57.6 cm³/mol. The third-order valence-corrected chi connectivity index (χ3v) is 7.19. The molecule has 0 saturated heterocycles. The van der Waals surface area contributed by atoms with E-state index in [1.807, 2.05) is 0 Å². The van der Waals surface area contributed by atoms with Crippen molar-refractivity contribution in [3.05, 3.63) is 35.9 Å². The van der Waals surface area contributed by atoms with Gasteiger partial charge >= 0.3 is 0 Å². The van der Waals surface area contributed by atoms with Crippen LogP contribution in [0.25, 0.3) is 0 Å². The second-order valence-corrected chi connectivity index (χ2v) is 6.57. The second-order valence-electron chi connectivity index (χ2n) is 6.57. The first-order chi connectivity index (χ1) is 7.90. The van der Waals surface area contributed by atoms with E-state index in [0.717, 1.165) is 35.5 Å². The van der Waals surface area contributed by atoms with Crippen LogP contribution in [0.15, 0.2) is 30.3 Å². The predicted octanol–water partition coefficient (Wildman–Crippen LogP) is 1.87. The monoisotopic (exact) mass is 208 g/mol. The Labute approximate surface area is 93.8 Å². The van der Waals surface area contributed by atoms with Crippen molar-refractivity contribution in [3.8, 4) is 0 Å². The molecule has 78 valence electrons. The number of rotatable bonds is 2. The third-order valence-electron chi connectivity index (χ3n) is 7.19.